The summed E-state index contributed by atoms with van der Waals surface area (Å²) in [7, 11) is -2.95. The Hall–Kier alpha value is -2.84. The molecule has 0 bridgehead atoms. The minimum absolute atomic E-state index is 0.0670. The molecule has 9 nitrogen and oxygen atoms in total. The Morgan fingerprint density at radius 2 is 2.03 bits per heavy atom. The van der Waals surface area contributed by atoms with Crippen LogP contribution in [0.5, 0.6) is 0 Å². The van der Waals surface area contributed by atoms with E-state index in [0.717, 1.165) is 49.8 Å². The molecule has 2 aliphatic carbocycles. The van der Waals surface area contributed by atoms with Gasteiger partial charge in [0.25, 0.3) is 5.56 Å². The third kappa shape index (κ3) is 3.60. The van der Waals surface area contributed by atoms with Crippen LogP contribution in [0.1, 0.15) is 50.1 Å². The van der Waals surface area contributed by atoms with Crippen LogP contribution in [-0.4, -0.2) is 34.7 Å². The molecule has 0 saturated heterocycles. The number of rotatable bonds is 5. The van der Waals surface area contributed by atoms with Crippen LogP contribution < -0.4 is 10.9 Å². The van der Waals surface area contributed by atoms with E-state index in [2.05, 4.69) is 16.4 Å². The molecule has 178 valence electrons. The van der Waals surface area contributed by atoms with Crippen molar-refractivity contribution < 1.29 is 9.11 Å². The van der Waals surface area contributed by atoms with Crippen LogP contribution in [0.15, 0.2) is 40.2 Å². The molecule has 0 amide bonds. The van der Waals surface area contributed by atoms with Gasteiger partial charge in [-0.15, -0.1) is 10.8 Å². The van der Waals surface area contributed by atoms with E-state index in [1.807, 2.05) is 16.8 Å². The molecule has 2 unspecified atom stereocenters. The van der Waals surface area contributed by atoms with Gasteiger partial charge in [0, 0.05) is 25.0 Å². The van der Waals surface area contributed by atoms with Gasteiger partial charge in [0.2, 0.25) is 0 Å². The molecule has 3 aromatic rings. The number of pyridine rings is 1. The minimum atomic E-state index is -2.95. The smallest absolute Gasteiger partial charge is 0.261 e. The van der Waals surface area contributed by atoms with Gasteiger partial charge >= 0.3 is 0 Å². The van der Waals surface area contributed by atoms with Crippen LogP contribution in [0.4, 0.5) is 11.5 Å². The Morgan fingerprint density at radius 1 is 1.21 bits per heavy atom. The predicted octanol–water partition coefficient (Wildman–Crippen LogP) is 4.97. The molecule has 6 rings (SSSR count). The molecule has 0 spiro atoms. The Bertz CT molecular complexity index is 1350. The zero-order chi connectivity index (χ0) is 23.4. The highest BCUT2D eigenvalue weighted by Crippen LogP contribution is 2.60. The van der Waals surface area contributed by atoms with E-state index in [9.17, 15) is 19.2 Å². The third-order valence-electron chi connectivity index (χ3n) is 7.32. The van der Waals surface area contributed by atoms with Crippen molar-refractivity contribution in [3.05, 3.63) is 46.4 Å². The van der Waals surface area contributed by atoms with Crippen molar-refractivity contribution in [1.82, 2.24) is 19.1 Å². The first-order valence-electron chi connectivity index (χ1n) is 11.9. The molecule has 3 heterocycles. The van der Waals surface area contributed by atoms with Crippen LogP contribution in [0.3, 0.4) is 0 Å². The fourth-order valence-electron chi connectivity index (χ4n) is 5.36. The zero-order valence-corrected chi connectivity index (χ0v) is 19.6. The summed E-state index contributed by atoms with van der Waals surface area (Å²) in [6.45, 7) is 1.19. The summed E-state index contributed by atoms with van der Waals surface area (Å²) in [6, 6.07) is 9.68. The fraction of sp³-hybridized carbons (Fsp3) is 0.458. The quantitative estimate of drug-likeness (QED) is 0.405. The van der Waals surface area contributed by atoms with Crippen molar-refractivity contribution >= 4 is 33.2 Å². The Kier molecular flexibility index (Phi) is 5.18. The number of nitriles is 1. The lowest BCUT2D eigenvalue weighted by Gasteiger charge is -2.37. The van der Waals surface area contributed by atoms with Gasteiger partial charge < -0.3 is 10.3 Å². The van der Waals surface area contributed by atoms with E-state index in [4.69, 9.17) is 5.10 Å². The van der Waals surface area contributed by atoms with Gasteiger partial charge in [-0.2, -0.15) is 14.7 Å². The van der Waals surface area contributed by atoms with Crippen LogP contribution in [0, 0.1) is 23.2 Å². The molecule has 1 aliphatic heterocycles. The van der Waals surface area contributed by atoms with Gasteiger partial charge in [-0.05, 0) is 61.4 Å². The maximum Gasteiger partial charge on any atom is 0.261 e. The predicted molar refractivity (Wildman–Crippen MR) is 131 cm³/mol. The second-order valence-corrected chi connectivity index (χ2v) is 11.7. The second-order valence-electron chi connectivity index (χ2n) is 9.68. The van der Waals surface area contributed by atoms with Crippen molar-refractivity contribution in [2.24, 2.45) is 11.8 Å². The monoisotopic (exact) mass is 480 g/mol. The summed E-state index contributed by atoms with van der Waals surface area (Å²) in [5.41, 5.74) is 2.09. The summed E-state index contributed by atoms with van der Waals surface area (Å²) in [4.78, 5) is 16.1. The zero-order valence-electron chi connectivity index (χ0n) is 18.8. The highest BCUT2D eigenvalue weighted by atomic mass is 32.3. The van der Waals surface area contributed by atoms with Crippen LogP contribution in [0.2, 0.25) is 0 Å². The SMILES string of the molecule is N#CC1CCCCC1n1nc(Nc2ccc3c(c2)CN(CC2CC2)S3(O)O)c2c(=O)[nH]ccc21. The van der Waals surface area contributed by atoms with E-state index >= 15 is 0 Å². The maximum atomic E-state index is 12.8. The van der Waals surface area contributed by atoms with Crippen LogP contribution >= 0.6 is 10.8 Å². The molecule has 0 radical (unpaired) electrons. The van der Waals surface area contributed by atoms with Gasteiger partial charge in [-0.25, -0.2) is 0 Å². The van der Waals surface area contributed by atoms with Gasteiger partial charge in [0.05, 0.1) is 28.4 Å². The number of aromatic amines is 1. The Labute approximate surface area is 198 Å². The molecule has 2 saturated carbocycles. The summed E-state index contributed by atoms with van der Waals surface area (Å²) < 4.78 is 25.2. The van der Waals surface area contributed by atoms with Gasteiger partial charge in [0.15, 0.2) is 5.82 Å². The van der Waals surface area contributed by atoms with Gasteiger partial charge in [0.1, 0.15) is 5.39 Å². The fourth-order valence-corrected chi connectivity index (χ4v) is 7.10. The Morgan fingerprint density at radius 3 is 2.82 bits per heavy atom. The number of aromatic nitrogens is 3. The van der Waals surface area contributed by atoms with Crippen molar-refractivity contribution in [2.75, 3.05) is 11.9 Å². The molecule has 1 aromatic carbocycles. The number of fused-ring (bicyclic) bond motifs is 2. The minimum Gasteiger partial charge on any atom is -0.338 e. The number of nitrogens with zero attached hydrogens (tertiary/aromatic N) is 4. The molecular formula is C24H28N6O3S. The number of nitrogens with one attached hydrogen (secondary N) is 2. The first kappa shape index (κ1) is 21.7. The van der Waals surface area contributed by atoms with E-state index in [1.54, 1.807) is 22.6 Å². The Balaban J connectivity index is 1.35. The third-order valence-corrected chi connectivity index (χ3v) is 9.31. The maximum absolute atomic E-state index is 12.8. The number of H-pyrrole nitrogens is 1. The summed E-state index contributed by atoms with van der Waals surface area (Å²) in [6.07, 6.45) is 7.67. The van der Waals surface area contributed by atoms with Crippen molar-refractivity contribution in [3.63, 3.8) is 0 Å². The van der Waals surface area contributed by atoms with E-state index in [-0.39, 0.29) is 17.5 Å². The molecular weight excluding hydrogens is 452 g/mol. The largest absolute Gasteiger partial charge is 0.338 e. The first-order valence-corrected chi connectivity index (χ1v) is 13.4. The number of hydrogen-bond donors (Lipinski definition) is 4. The van der Waals surface area contributed by atoms with Gasteiger partial charge in [-0.3, -0.25) is 18.6 Å². The van der Waals surface area contributed by atoms with E-state index < -0.39 is 10.8 Å². The lowest BCUT2D eigenvalue weighted by molar-refractivity contribution is 0.277. The molecule has 2 aromatic heterocycles. The van der Waals surface area contributed by atoms with E-state index in [1.165, 1.54) is 0 Å². The number of benzene rings is 1. The molecule has 2 fully saturated rings. The summed E-state index contributed by atoms with van der Waals surface area (Å²) >= 11 is 0. The lowest BCUT2D eigenvalue weighted by atomic mass is 9.85. The highest BCUT2D eigenvalue weighted by Gasteiger charge is 2.38. The number of anilines is 2. The molecule has 34 heavy (non-hydrogen) atoms. The normalized spacial score (nSPS) is 25.1. The summed E-state index contributed by atoms with van der Waals surface area (Å²) in [5.74, 6) is 0.863. The lowest BCUT2D eigenvalue weighted by Crippen LogP contribution is -2.23. The topological polar surface area (TPSA) is 130 Å². The van der Waals surface area contributed by atoms with Crippen molar-refractivity contribution in [2.45, 2.75) is 56.0 Å². The summed E-state index contributed by atoms with van der Waals surface area (Å²) in [5, 5.41) is 18.2. The first-order chi connectivity index (χ1) is 16.5. The highest BCUT2D eigenvalue weighted by molar-refractivity contribution is 8.22. The van der Waals surface area contributed by atoms with Crippen molar-refractivity contribution in [1.29, 1.82) is 5.26 Å². The molecule has 10 heteroatoms. The second kappa shape index (κ2) is 8.13. The molecule has 4 N–H and O–H groups in total. The van der Waals surface area contributed by atoms with Crippen LogP contribution in [0.25, 0.3) is 10.9 Å². The molecule has 3 aliphatic rings. The van der Waals surface area contributed by atoms with Crippen molar-refractivity contribution in [3.8, 4) is 6.07 Å². The van der Waals surface area contributed by atoms with Crippen LogP contribution in [-0.2, 0) is 6.54 Å². The average Bonchev–Trinajstić information content (AvgIpc) is 3.52. The standard InChI is InChI=1S/C24H28N6O3S/c25-12-16-3-1-2-4-19(16)30-20-9-10-26-24(31)22(20)23(28-30)27-18-7-8-21-17(11-18)14-29(34(21,32)33)13-15-5-6-15/h7-11,15-16,19,32-33H,1-6,13-14H2,(H,26,31)(H,27,28). The molecule has 2 atom stereocenters. The van der Waals surface area contributed by atoms with E-state index in [0.29, 0.717) is 40.6 Å². The van der Waals surface area contributed by atoms with Gasteiger partial charge in [-0.1, -0.05) is 12.8 Å². The average molecular weight is 481 g/mol. The number of hydrogen-bond acceptors (Lipinski definition) is 7.